The van der Waals surface area contributed by atoms with Crippen LogP contribution in [0.1, 0.15) is 19.3 Å². The zero-order valence-corrected chi connectivity index (χ0v) is 17.6. The molecular weight excluding hydrogens is 422 g/mol. The normalized spacial score (nSPS) is 14.3. The number of aromatic amines is 1. The first-order valence-electron chi connectivity index (χ1n) is 9.68. The third kappa shape index (κ3) is 3.66. The quantitative estimate of drug-likeness (QED) is 0.463. The van der Waals surface area contributed by atoms with Gasteiger partial charge in [-0.1, -0.05) is 36.2 Å². The lowest BCUT2D eigenvalue weighted by Crippen LogP contribution is -2.31. The van der Waals surface area contributed by atoms with Crippen LogP contribution in [0.5, 0.6) is 0 Å². The first-order chi connectivity index (χ1) is 14.5. The summed E-state index contributed by atoms with van der Waals surface area (Å²) in [7, 11) is -3.74. The summed E-state index contributed by atoms with van der Waals surface area (Å²) in [6.45, 7) is 0.457. The third-order valence-electron chi connectivity index (χ3n) is 5.25. The summed E-state index contributed by atoms with van der Waals surface area (Å²) in [6.07, 6.45) is 3.20. The molecule has 4 aromatic rings. The maximum Gasteiger partial charge on any atom is 0.439 e. The molecule has 0 aliphatic heterocycles. The van der Waals surface area contributed by atoms with Crippen LogP contribution in [0, 0.1) is 5.92 Å². The zero-order valence-electron chi connectivity index (χ0n) is 15.9. The van der Waals surface area contributed by atoms with Gasteiger partial charge in [0.15, 0.2) is 5.82 Å². The summed E-state index contributed by atoms with van der Waals surface area (Å²) < 4.78 is 34.2. The molecule has 0 saturated heterocycles. The van der Waals surface area contributed by atoms with Gasteiger partial charge >= 0.3 is 5.76 Å². The lowest BCUT2D eigenvalue weighted by molar-refractivity contribution is 0.388. The van der Waals surface area contributed by atoms with Crippen molar-refractivity contribution in [2.45, 2.75) is 24.2 Å². The minimum atomic E-state index is -3.74. The molecule has 2 aromatic heterocycles. The average Bonchev–Trinajstić information content (AvgIpc) is 3.30. The molecule has 1 N–H and O–H groups in total. The maximum atomic E-state index is 13.5. The zero-order chi connectivity index (χ0) is 20.7. The molecule has 2 heterocycles. The van der Waals surface area contributed by atoms with Crippen LogP contribution in [0.2, 0.25) is 0 Å². The number of aromatic nitrogens is 2. The highest BCUT2D eigenvalue weighted by atomic mass is 32.2. The van der Waals surface area contributed by atoms with E-state index in [1.165, 1.54) is 40.6 Å². The van der Waals surface area contributed by atoms with E-state index >= 15 is 0 Å². The van der Waals surface area contributed by atoms with Crippen molar-refractivity contribution in [3.8, 4) is 11.4 Å². The average molecular weight is 442 g/mol. The van der Waals surface area contributed by atoms with Gasteiger partial charge in [-0.05, 0) is 54.1 Å². The van der Waals surface area contributed by atoms with Crippen LogP contribution in [-0.2, 0) is 10.0 Å². The monoisotopic (exact) mass is 441 g/mol. The standard InChI is InChI=1S/C21H19N3O4S2/c25-21-22-20(23-28-21)15-7-9-17(10-8-15)30(26,27)24(12-11-14-5-6-14)19-13-16-3-1-2-4-18(16)29-19/h1-4,7-10,13-14H,5-6,11-12H2,(H,22,23,25). The van der Waals surface area contributed by atoms with Crippen molar-refractivity contribution in [1.29, 1.82) is 0 Å². The number of benzene rings is 2. The summed E-state index contributed by atoms with van der Waals surface area (Å²) in [6, 6.07) is 16.2. The van der Waals surface area contributed by atoms with E-state index in [1.54, 1.807) is 12.1 Å². The minimum absolute atomic E-state index is 0.199. The molecular formula is C21H19N3O4S2. The first kappa shape index (κ1) is 19.1. The van der Waals surface area contributed by atoms with Gasteiger partial charge in [0.2, 0.25) is 0 Å². The van der Waals surface area contributed by atoms with E-state index in [1.807, 2.05) is 30.3 Å². The maximum absolute atomic E-state index is 13.5. The third-order valence-corrected chi connectivity index (χ3v) is 8.33. The Morgan fingerprint density at radius 1 is 1.13 bits per heavy atom. The van der Waals surface area contributed by atoms with E-state index < -0.39 is 15.8 Å². The van der Waals surface area contributed by atoms with Gasteiger partial charge in [0, 0.05) is 16.8 Å². The Bertz CT molecular complexity index is 1320. The summed E-state index contributed by atoms with van der Waals surface area (Å²) in [5.41, 5.74) is 0.575. The van der Waals surface area contributed by atoms with Crippen LogP contribution in [0.25, 0.3) is 21.5 Å². The van der Waals surface area contributed by atoms with Crippen molar-refractivity contribution in [3.05, 3.63) is 65.1 Å². The number of fused-ring (bicyclic) bond motifs is 1. The van der Waals surface area contributed by atoms with E-state index in [9.17, 15) is 13.2 Å². The molecule has 2 aromatic carbocycles. The number of H-pyrrole nitrogens is 1. The fourth-order valence-corrected chi connectivity index (χ4v) is 6.18. The number of hydrogen-bond acceptors (Lipinski definition) is 6. The lowest BCUT2D eigenvalue weighted by Gasteiger charge is -2.23. The second kappa shape index (κ2) is 7.41. The predicted octanol–water partition coefficient (Wildman–Crippen LogP) is 4.24. The van der Waals surface area contributed by atoms with Crippen LogP contribution in [-0.4, -0.2) is 25.1 Å². The van der Waals surface area contributed by atoms with E-state index in [4.69, 9.17) is 0 Å². The van der Waals surface area contributed by atoms with Gasteiger partial charge in [0.25, 0.3) is 10.0 Å². The van der Waals surface area contributed by atoms with Gasteiger partial charge in [0.05, 0.1) is 4.90 Å². The van der Waals surface area contributed by atoms with Crippen LogP contribution in [0.15, 0.2) is 68.8 Å². The summed E-state index contributed by atoms with van der Waals surface area (Å²) >= 11 is 1.49. The molecule has 0 unspecified atom stereocenters. The van der Waals surface area contributed by atoms with E-state index in [-0.39, 0.29) is 10.7 Å². The van der Waals surface area contributed by atoms with Gasteiger partial charge in [-0.15, -0.1) is 11.3 Å². The SMILES string of the molecule is O=c1[nH]c(-c2ccc(S(=O)(=O)N(CCC3CC3)c3cc4ccccc4s3)cc2)no1. The Hall–Kier alpha value is -2.91. The molecule has 154 valence electrons. The largest absolute Gasteiger partial charge is 0.439 e. The molecule has 0 bridgehead atoms. The topological polar surface area (TPSA) is 96.3 Å². The summed E-state index contributed by atoms with van der Waals surface area (Å²) in [4.78, 5) is 13.8. The fraction of sp³-hybridized carbons (Fsp3) is 0.238. The van der Waals surface area contributed by atoms with Gasteiger partial charge in [-0.2, -0.15) is 0 Å². The Morgan fingerprint density at radius 3 is 2.57 bits per heavy atom. The summed E-state index contributed by atoms with van der Waals surface area (Å²) in [5.74, 6) is 0.222. The Balaban J connectivity index is 1.50. The lowest BCUT2D eigenvalue weighted by atomic mass is 10.2. The molecule has 1 fully saturated rings. The van der Waals surface area contributed by atoms with Crippen molar-refractivity contribution >= 4 is 36.4 Å². The van der Waals surface area contributed by atoms with E-state index in [0.717, 1.165) is 21.5 Å². The molecule has 0 spiro atoms. The number of anilines is 1. The highest BCUT2D eigenvalue weighted by Crippen LogP contribution is 2.38. The molecule has 1 saturated carbocycles. The Labute approximate surface area is 177 Å². The Morgan fingerprint density at radius 2 is 1.90 bits per heavy atom. The molecule has 7 nitrogen and oxygen atoms in total. The number of nitrogens with zero attached hydrogens (tertiary/aromatic N) is 2. The van der Waals surface area contributed by atoms with E-state index in [0.29, 0.717) is 18.0 Å². The second-order valence-electron chi connectivity index (χ2n) is 7.40. The van der Waals surface area contributed by atoms with Crippen LogP contribution < -0.4 is 10.1 Å². The predicted molar refractivity (Wildman–Crippen MR) is 116 cm³/mol. The number of hydrogen-bond donors (Lipinski definition) is 1. The minimum Gasteiger partial charge on any atom is -0.296 e. The molecule has 1 aliphatic rings. The number of nitrogens with one attached hydrogen (secondary N) is 1. The van der Waals surface area contributed by atoms with Crippen LogP contribution in [0.4, 0.5) is 5.00 Å². The first-order valence-corrected chi connectivity index (χ1v) is 11.9. The van der Waals surface area contributed by atoms with E-state index in [2.05, 4.69) is 14.7 Å². The van der Waals surface area contributed by atoms with Gasteiger partial charge in [-0.3, -0.25) is 13.8 Å². The van der Waals surface area contributed by atoms with Crippen molar-refractivity contribution in [2.75, 3.05) is 10.8 Å². The van der Waals surface area contributed by atoms with Crippen molar-refractivity contribution in [1.82, 2.24) is 10.1 Å². The number of rotatable bonds is 7. The molecule has 30 heavy (non-hydrogen) atoms. The number of thiophene rings is 1. The van der Waals surface area contributed by atoms with Crippen molar-refractivity contribution < 1.29 is 12.9 Å². The smallest absolute Gasteiger partial charge is 0.296 e. The van der Waals surface area contributed by atoms with Crippen molar-refractivity contribution in [3.63, 3.8) is 0 Å². The highest BCUT2D eigenvalue weighted by molar-refractivity contribution is 7.93. The van der Waals surface area contributed by atoms with Crippen LogP contribution in [0.3, 0.4) is 0 Å². The van der Waals surface area contributed by atoms with Crippen molar-refractivity contribution in [2.24, 2.45) is 5.92 Å². The van der Waals surface area contributed by atoms with Gasteiger partial charge < -0.3 is 0 Å². The molecule has 1 aliphatic carbocycles. The highest BCUT2D eigenvalue weighted by Gasteiger charge is 2.29. The number of sulfonamides is 1. The van der Waals surface area contributed by atoms with Crippen LogP contribution >= 0.6 is 11.3 Å². The molecule has 0 radical (unpaired) electrons. The molecule has 0 amide bonds. The summed E-state index contributed by atoms with van der Waals surface area (Å²) in [5, 5.41) is 5.40. The molecule has 9 heteroatoms. The molecule has 5 rings (SSSR count). The Kier molecular flexibility index (Phi) is 4.71. The second-order valence-corrected chi connectivity index (χ2v) is 10.3. The van der Waals surface area contributed by atoms with Gasteiger partial charge in [-0.25, -0.2) is 13.2 Å². The molecule has 0 atom stereocenters. The fourth-order valence-electron chi connectivity index (χ4n) is 3.41. The van der Waals surface area contributed by atoms with Gasteiger partial charge in [0.1, 0.15) is 5.00 Å².